The Morgan fingerprint density at radius 3 is 1.56 bits per heavy atom. The van der Waals surface area contributed by atoms with Gasteiger partial charge in [0.15, 0.2) is 16.3 Å². The predicted molar refractivity (Wildman–Crippen MR) is 35.2 cm³/mol. The average Bonchev–Trinajstić information content (AvgIpc) is 1.97. The number of alkyl halides is 8. The summed E-state index contributed by atoms with van der Waals surface area (Å²) in [5.74, 6) is -6.27. The van der Waals surface area contributed by atoms with E-state index in [9.17, 15) is 48.1 Å². The van der Waals surface area contributed by atoms with Gasteiger partial charge < -0.3 is 4.55 Å². The molecule has 0 aliphatic rings. The van der Waals surface area contributed by atoms with E-state index in [1.54, 1.807) is 0 Å². The summed E-state index contributed by atoms with van der Waals surface area (Å²) in [6.45, 7) is 0. The van der Waals surface area contributed by atoms with Crippen molar-refractivity contribution in [2.45, 2.75) is 29.9 Å². The van der Waals surface area contributed by atoms with E-state index >= 15 is 0 Å². The van der Waals surface area contributed by atoms with E-state index < -0.39 is 40.1 Å². The van der Waals surface area contributed by atoms with Crippen LogP contribution in [-0.4, -0.2) is 36.5 Å². The van der Waals surface area contributed by atoms with Gasteiger partial charge in [-0.05, 0) is 0 Å². The van der Waals surface area contributed by atoms with Crippen LogP contribution in [0.3, 0.4) is 0 Å². The van der Waals surface area contributed by atoms with Crippen molar-refractivity contribution in [2.24, 2.45) is 0 Å². The smallest absolute Gasteiger partial charge is 0.743 e. The van der Waals surface area contributed by atoms with Crippen LogP contribution < -0.4 is 29.6 Å². The van der Waals surface area contributed by atoms with Crippen molar-refractivity contribution in [2.75, 3.05) is 0 Å². The van der Waals surface area contributed by atoms with Crippen LogP contribution in [0.4, 0.5) is 35.1 Å². The molecule has 0 aromatic rings. The quantitative estimate of drug-likeness (QED) is 0.382. The van der Waals surface area contributed by atoms with Crippen LogP contribution in [-0.2, 0) is 10.1 Å². The molecule has 0 aliphatic carbocycles. The Morgan fingerprint density at radius 2 is 1.33 bits per heavy atom. The maximum Gasteiger partial charge on any atom is 1.00 e. The topological polar surface area (TPSA) is 57.2 Å². The fourth-order valence-electron chi connectivity index (χ4n) is 0.680. The Hall–Kier alpha value is 0.350. The van der Waals surface area contributed by atoms with Gasteiger partial charge in [0.25, 0.3) is 0 Å². The summed E-state index contributed by atoms with van der Waals surface area (Å²) in [5.41, 5.74) is 0. The number of rotatable bonds is 4. The van der Waals surface area contributed by atoms with E-state index in [-0.39, 0.29) is 29.6 Å². The summed E-state index contributed by atoms with van der Waals surface area (Å²) in [7, 11) is -7.00. The summed E-state index contributed by atoms with van der Waals surface area (Å²) in [4.78, 5) is 0. The van der Waals surface area contributed by atoms with Gasteiger partial charge in [0.2, 0.25) is 0 Å². The van der Waals surface area contributed by atoms with E-state index in [0.717, 1.165) is 0 Å². The molecular formula is C5H3F8NaO3S. The Labute approximate surface area is 118 Å². The molecule has 0 heterocycles. The van der Waals surface area contributed by atoms with Gasteiger partial charge >= 0.3 is 46.9 Å². The standard InChI is InChI=1S/C5H4F8O3S.Na/c6-2(1-3(7,8)9)4(10,11)5(12,13)17(14,15)16;/h2H,1H2,(H,14,15,16);/q;+1/p-1. The van der Waals surface area contributed by atoms with Crippen LogP contribution in [0.5, 0.6) is 0 Å². The van der Waals surface area contributed by atoms with Gasteiger partial charge in [-0.1, -0.05) is 0 Å². The van der Waals surface area contributed by atoms with Gasteiger partial charge in [-0.3, -0.25) is 0 Å². The first-order valence-corrected chi connectivity index (χ1v) is 4.95. The molecule has 0 spiro atoms. The third-order valence-corrected chi connectivity index (χ3v) is 2.41. The molecule has 0 radical (unpaired) electrons. The van der Waals surface area contributed by atoms with Crippen LogP contribution in [0.15, 0.2) is 0 Å². The molecule has 0 fully saturated rings. The van der Waals surface area contributed by atoms with Crippen molar-refractivity contribution in [1.82, 2.24) is 0 Å². The number of halogens is 8. The van der Waals surface area contributed by atoms with Gasteiger partial charge in [-0.25, -0.2) is 12.8 Å². The Balaban J connectivity index is 0. The normalized spacial score (nSPS) is 16.1. The molecule has 0 saturated heterocycles. The summed E-state index contributed by atoms with van der Waals surface area (Å²) >= 11 is 0. The fraction of sp³-hybridized carbons (Fsp3) is 1.00. The minimum absolute atomic E-state index is 0. The van der Waals surface area contributed by atoms with Crippen molar-refractivity contribution >= 4 is 10.1 Å². The summed E-state index contributed by atoms with van der Waals surface area (Å²) in [6.07, 6.45) is -13.1. The van der Waals surface area contributed by atoms with Gasteiger partial charge in [0, 0.05) is 0 Å². The second-order valence-electron chi connectivity index (χ2n) is 2.88. The van der Waals surface area contributed by atoms with Crippen molar-refractivity contribution in [3.8, 4) is 0 Å². The van der Waals surface area contributed by atoms with Crippen molar-refractivity contribution in [1.29, 1.82) is 0 Å². The minimum atomic E-state index is -7.00. The molecule has 0 aliphatic heterocycles. The summed E-state index contributed by atoms with van der Waals surface area (Å²) in [6, 6.07) is 0. The van der Waals surface area contributed by atoms with E-state index in [0.29, 0.717) is 0 Å². The number of hydrogen-bond donors (Lipinski definition) is 0. The first-order valence-electron chi connectivity index (χ1n) is 3.55. The largest absolute Gasteiger partial charge is 1.00 e. The van der Waals surface area contributed by atoms with Gasteiger partial charge in [-0.2, -0.15) is 30.7 Å². The Bertz CT molecular complexity index is 377. The zero-order valence-electron chi connectivity index (χ0n) is 8.44. The molecule has 104 valence electrons. The van der Waals surface area contributed by atoms with Crippen LogP contribution in [0.1, 0.15) is 6.42 Å². The molecule has 0 bridgehead atoms. The zero-order chi connectivity index (χ0) is 14.3. The molecule has 0 rings (SSSR count). The monoisotopic (exact) mass is 318 g/mol. The molecule has 0 aromatic heterocycles. The average molecular weight is 318 g/mol. The molecule has 18 heavy (non-hydrogen) atoms. The third-order valence-electron chi connectivity index (χ3n) is 1.51. The molecular weight excluding hydrogens is 315 g/mol. The van der Waals surface area contributed by atoms with Crippen LogP contribution in [0, 0.1) is 0 Å². The Kier molecular flexibility index (Phi) is 6.62. The maximum atomic E-state index is 12.4. The van der Waals surface area contributed by atoms with E-state index in [4.69, 9.17) is 0 Å². The molecule has 0 saturated carbocycles. The first kappa shape index (κ1) is 20.7. The Morgan fingerprint density at radius 1 is 1.00 bits per heavy atom. The zero-order valence-corrected chi connectivity index (χ0v) is 11.3. The van der Waals surface area contributed by atoms with Crippen molar-refractivity contribution in [3.05, 3.63) is 0 Å². The van der Waals surface area contributed by atoms with Gasteiger partial charge in [0.05, 0.1) is 6.42 Å². The van der Waals surface area contributed by atoms with Crippen LogP contribution in [0.2, 0.25) is 0 Å². The van der Waals surface area contributed by atoms with E-state index in [1.165, 1.54) is 0 Å². The second-order valence-corrected chi connectivity index (χ2v) is 4.30. The van der Waals surface area contributed by atoms with E-state index in [1.807, 2.05) is 0 Å². The van der Waals surface area contributed by atoms with Crippen molar-refractivity contribution < 1.29 is 77.7 Å². The molecule has 3 nitrogen and oxygen atoms in total. The molecule has 13 heteroatoms. The molecule has 0 aromatic carbocycles. The predicted octanol–water partition coefficient (Wildman–Crippen LogP) is -0.946. The fourth-order valence-corrected chi connectivity index (χ4v) is 1.14. The number of hydrogen-bond acceptors (Lipinski definition) is 3. The second kappa shape index (κ2) is 5.77. The maximum absolute atomic E-state index is 12.4. The molecule has 0 amide bonds. The first-order chi connectivity index (χ1) is 7.13. The van der Waals surface area contributed by atoms with Crippen LogP contribution in [0.25, 0.3) is 0 Å². The molecule has 1 unspecified atom stereocenters. The van der Waals surface area contributed by atoms with Crippen molar-refractivity contribution in [3.63, 3.8) is 0 Å². The summed E-state index contributed by atoms with van der Waals surface area (Å²) < 4.78 is 125. The third kappa shape index (κ3) is 4.47. The van der Waals surface area contributed by atoms with Gasteiger partial charge in [-0.15, -0.1) is 0 Å². The van der Waals surface area contributed by atoms with Gasteiger partial charge in [0.1, 0.15) is 0 Å². The minimum Gasteiger partial charge on any atom is -0.743 e. The van der Waals surface area contributed by atoms with Crippen LogP contribution >= 0.6 is 0 Å². The SMILES string of the molecule is O=S(=O)([O-])C(F)(F)C(F)(F)C(F)CC(F)(F)F.[Na+]. The molecule has 0 N–H and O–H groups in total. The molecule has 1 atom stereocenters. The van der Waals surface area contributed by atoms with E-state index in [2.05, 4.69) is 0 Å². The summed E-state index contributed by atoms with van der Waals surface area (Å²) in [5, 5.41) is -6.47.